The topological polar surface area (TPSA) is 99.4 Å². The van der Waals surface area contributed by atoms with E-state index in [1.165, 1.54) is 10.9 Å². The molecule has 0 saturated heterocycles. The number of likely N-dealkylation sites (N-methyl/N-ethyl adjacent to an activating group) is 1. The fourth-order valence-corrected chi connectivity index (χ4v) is 4.26. The Morgan fingerprint density at radius 1 is 1.13 bits per heavy atom. The molecule has 4 N–H and O–H groups in total. The summed E-state index contributed by atoms with van der Waals surface area (Å²) in [5.41, 5.74) is 10.1. The van der Waals surface area contributed by atoms with Gasteiger partial charge in [-0.05, 0) is 67.7 Å². The number of aromatic amines is 1. The first-order valence-electron chi connectivity index (χ1n) is 10.4. The first kappa shape index (κ1) is 21.6. The highest BCUT2D eigenvalue weighted by molar-refractivity contribution is 6.01. The zero-order valence-electron chi connectivity index (χ0n) is 17.5. The summed E-state index contributed by atoms with van der Waals surface area (Å²) in [7, 11) is 0. The Hall–Kier alpha value is -3.12. The Morgan fingerprint density at radius 3 is 2.43 bits per heavy atom. The monoisotopic (exact) mass is 407 g/mol. The van der Waals surface area contributed by atoms with E-state index in [0.717, 1.165) is 43.4 Å². The number of aromatic nitrogens is 1. The highest BCUT2D eigenvalue weighted by atomic mass is 16.4. The maximum Gasteiger partial charge on any atom is 0.335 e. The molecule has 0 bridgehead atoms. The van der Waals surface area contributed by atoms with Gasteiger partial charge in [0.15, 0.2) is 0 Å². The molecule has 6 nitrogen and oxygen atoms in total. The number of hydrogen-bond acceptors (Lipinski definition) is 3. The van der Waals surface area contributed by atoms with Crippen LogP contribution in [0.1, 0.15) is 52.1 Å². The number of aromatic carboxylic acids is 1. The third-order valence-corrected chi connectivity index (χ3v) is 5.65. The van der Waals surface area contributed by atoms with Crippen molar-refractivity contribution in [2.24, 2.45) is 5.73 Å². The summed E-state index contributed by atoms with van der Waals surface area (Å²) >= 11 is 0. The highest BCUT2D eigenvalue weighted by Crippen LogP contribution is 2.33. The van der Waals surface area contributed by atoms with Gasteiger partial charge in [-0.3, -0.25) is 4.79 Å². The number of primary amides is 1. The van der Waals surface area contributed by atoms with E-state index in [-0.39, 0.29) is 5.91 Å². The molecule has 1 heterocycles. The normalized spacial score (nSPS) is 15.0. The second kappa shape index (κ2) is 9.59. The van der Waals surface area contributed by atoms with Crippen LogP contribution in [0.3, 0.4) is 0 Å². The SMILES string of the molecule is CCCN(CC)C1Cc2c[nH]c3ccc(C(N)=O)c(c23)C1.O=C(O)c1ccccc1. The predicted molar refractivity (Wildman–Crippen MR) is 119 cm³/mol. The van der Waals surface area contributed by atoms with Gasteiger partial charge in [-0.25, -0.2) is 4.79 Å². The number of nitrogens with two attached hydrogens (primary N) is 1. The molecule has 4 rings (SSSR count). The zero-order valence-corrected chi connectivity index (χ0v) is 17.5. The average molecular weight is 408 g/mol. The van der Waals surface area contributed by atoms with Gasteiger partial charge in [-0.15, -0.1) is 0 Å². The second-order valence-electron chi connectivity index (χ2n) is 7.55. The third kappa shape index (κ3) is 4.54. The largest absolute Gasteiger partial charge is 0.478 e. The zero-order chi connectivity index (χ0) is 21.7. The van der Waals surface area contributed by atoms with Crippen LogP contribution in [0.2, 0.25) is 0 Å². The Labute approximate surface area is 176 Å². The van der Waals surface area contributed by atoms with Gasteiger partial charge < -0.3 is 20.7 Å². The molecule has 1 amide bonds. The molecule has 1 aliphatic rings. The fourth-order valence-electron chi connectivity index (χ4n) is 4.26. The van der Waals surface area contributed by atoms with E-state index in [9.17, 15) is 9.59 Å². The lowest BCUT2D eigenvalue weighted by Crippen LogP contribution is -2.40. The minimum Gasteiger partial charge on any atom is -0.478 e. The quantitative estimate of drug-likeness (QED) is 0.578. The summed E-state index contributed by atoms with van der Waals surface area (Å²) in [6, 6.07) is 12.6. The van der Waals surface area contributed by atoms with E-state index >= 15 is 0 Å². The van der Waals surface area contributed by atoms with Crippen LogP contribution in [0.25, 0.3) is 10.9 Å². The van der Waals surface area contributed by atoms with Crippen LogP contribution >= 0.6 is 0 Å². The number of rotatable bonds is 6. The minimum absolute atomic E-state index is 0.321. The number of benzene rings is 2. The molecule has 1 unspecified atom stereocenters. The number of carboxylic acids is 1. The summed E-state index contributed by atoms with van der Waals surface area (Å²) in [4.78, 5) is 27.8. The minimum atomic E-state index is -0.879. The van der Waals surface area contributed by atoms with E-state index < -0.39 is 5.97 Å². The van der Waals surface area contributed by atoms with Gasteiger partial charge in [0.25, 0.3) is 0 Å². The molecule has 0 aliphatic heterocycles. The van der Waals surface area contributed by atoms with Crippen LogP contribution in [-0.4, -0.2) is 46.0 Å². The van der Waals surface area contributed by atoms with Gasteiger partial charge in [0.2, 0.25) is 5.91 Å². The molecular formula is C24H29N3O3. The standard InChI is InChI=1S/C17H23N3O.C7H6O2/c1-3-7-20(4-2)12-8-11-10-19-15-6-5-13(17(18)21)14(9-12)16(11)15;8-7(9)6-4-2-1-3-5-6/h5-6,10,12,19H,3-4,7-9H2,1-2H3,(H2,18,21);1-5H,(H,8,9). The lowest BCUT2D eigenvalue weighted by atomic mass is 9.85. The molecule has 30 heavy (non-hydrogen) atoms. The van der Waals surface area contributed by atoms with E-state index in [1.807, 2.05) is 12.1 Å². The summed E-state index contributed by atoms with van der Waals surface area (Å²) in [6.07, 6.45) is 5.19. The third-order valence-electron chi connectivity index (χ3n) is 5.65. The summed E-state index contributed by atoms with van der Waals surface area (Å²) in [5, 5.41) is 9.60. The molecule has 0 saturated carbocycles. The molecule has 158 valence electrons. The van der Waals surface area contributed by atoms with E-state index in [2.05, 4.69) is 29.9 Å². The molecule has 0 radical (unpaired) electrons. The van der Waals surface area contributed by atoms with Crippen molar-refractivity contribution in [1.29, 1.82) is 0 Å². The summed E-state index contributed by atoms with van der Waals surface area (Å²) < 4.78 is 0. The molecule has 1 aromatic heterocycles. The molecule has 2 aromatic carbocycles. The summed E-state index contributed by atoms with van der Waals surface area (Å²) in [5.74, 6) is -1.20. The number of carbonyl (C=O) groups is 2. The number of carboxylic acid groups (broad SMARTS) is 1. The van der Waals surface area contributed by atoms with Crippen molar-refractivity contribution < 1.29 is 14.7 Å². The number of nitrogens with one attached hydrogen (secondary N) is 1. The van der Waals surface area contributed by atoms with Crippen molar-refractivity contribution in [3.63, 3.8) is 0 Å². The van der Waals surface area contributed by atoms with Crippen LogP contribution in [-0.2, 0) is 12.8 Å². The second-order valence-corrected chi connectivity index (χ2v) is 7.55. The molecule has 0 fully saturated rings. The van der Waals surface area contributed by atoms with Gasteiger partial charge in [-0.1, -0.05) is 32.0 Å². The molecule has 1 atom stereocenters. The van der Waals surface area contributed by atoms with E-state index in [0.29, 0.717) is 17.2 Å². The number of carbonyl (C=O) groups excluding carboxylic acids is 1. The van der Waals surface area contributed by atoms with E-state index in [4.69, 9.17) is 10.8 Å². The van der Waals surface area contributed by atoms with Crippen molar-refractivity contribution in [2.45, 2.75) is 39.2 Å². The van der Waals surface area contributed by atoms with Crippen LogP contribution in [0.15, 0.2) is 48.7 Å². The van der Waals surface area contributed by atoms with Gasteiger partial charge in [-0.2, -0.15) is 0 Å². The average Bonchev–Trinajstić information content (AvgIpc) is 3.17. The number of hydrogen-bond donors (Lipinski definition) is 3. The Bertz CT molecular complexity index is 1030. The van der Waals surface area contributed by atoms with Crippen molar-refractivity contribution in [2.75, 3.05) is 13.1 Å². The lowest BCUT2D eigenvalue weighted by molar-refractivity contribution is 0.0696. The maximum atomic E-state index is 11.8. The Kier molecular flexibility index (Phi) is 6.90. The fraction of sp³-hybridized carbons (Fsp3) is 0.333. The molecule has 1 aliphatic carbocycles. The van der Waals surface area contributed by atoms with Crippen LogP contribution in [0.5, 0.6) is 0 Å². The van der Waals surface area contributed by atoms with Gasteiger partial charge in [0, 0.05) is 28.7 Å². The first-order valence-corrected chi connectivity index (χ1v) is 10.4. The van der Waals surface area contributed by atoms with E-state index in [1.54, 1.807) is 30.3 Å². The first-order chi connectivity index (χ1) is 14.5. The predicted octanol–water partition coefficient (Wildman–Crippen LogP) is 3.85. The Morgan fingerprint density at radius 2 is 1.87 bits per heavy atom. The van der Waals surface area contributed by atoms with Gasteiger partial charge >= 0.3 is 5.97 Å². The van der Waals surface area contributed by atoms with Crippen LogP contribution in [0, 0.1) is 0 Å². The lowest BCUT2D eigenvalue weighted by Gasteiger charge is -2.34. The number of nitrogens with zero attached hydrogens (tertiary/aromatic N) is 1. The van der Waals surface area contributed by atoms with Crippen molar-refractivity contribution in [3.05, 3.63) is 70.9 Å². The molecule has 6 heteroatoms. The van der Waals surface area contributed by atoms with Crippen LogP contribution in [0.4, 0.5) is 0 Å². The van der Waals surface area contributed by atoms with Crippen molar-refractivity contribution in [1.82, 2.24) is 9.88 Å². The van der Waals surface area contributed by atoms with Crippen molar-refractivity contribution in [3.8, 4) is 0 Å². The molecule has 3 aromatic rings. The van der Waals surface area contributed by atoms with Gasteiger partial charge in [0.05, 0.1) is 5.56 Å². The Balaban J connectivity index is 0.000000239. The smallest absolute Gasteiger partial charge is 0.335 e. The van der Waals surface area contributed by atoms with Gasteiger partial charge in [0.1, 0.15) is 0 Å². The van der Waals surface area contributed by atoms with Crippen LogP contribution < -0.4 is 5.73 Å². The number of amides is 1. The molecular weight excluding hydrogens is 378 g/mol. The maximum absolute atomic E-state index is 11.8. The highest BCUT2D eigenvalue weighted by Gasteiger charge is 2.28. The number of H-pyrrole nitrogens is 1. The molecule has 0 spiro atoms. The van der Waals surface area contributed by atoms with Crippen molar-refractivity contribution >= 4 is 22.8 Å². The summed E-state index contributed by atoms with van der Waals surface area (Å²) in [6.45, 7) is 6.56.